The molecule has 1 N–H and O–H groups in total. The molecule has 0 aliphatic carbocycles. The number of hydrazine groups is 1. The Kier molecular flexibility index (Phi) is 9.13. The molecule has 3 aromatic carbocycles. The van der Waals surface area contributed by atoms with Crippen LogP contribution in [0.4, 0.5) is 9.59 Å². The molecule has 0 unspecified atom stereocenters. The molecule has 0 fully saturated rings. The van der Waals surface area contributed by atoms with Crippen LogP contribution in [0.2, 0.25) is 0 Å². The van der Waals surface area contributed by atoms with Gasteiger partial charge in [0.25, 0.3) is 0 Å². The standard InChI is InChI=1S/C27H27N3O5/c1-20(25(28-21(2)31)24-16-10-5-11-17-24)30(27(33)35-19-23-14-8-4-9-15-23)29-26(32)34-18-22-12-6-3-7-13-22/h3-17,20H,18-19H2,1-2H3,(H,29,32)/t20-/m0/s1. The van der Waals surface area contributed by atoms with Crippen molar-refractivity contribution in [1.29, 1.82) is 0 Å². The van der Waals surface area contributed by atoms with Gasteiger partial charge in [0, 0.05) is 6.92 Å². The molecule has 8 nitrogen and oxygen atoms in total. The molecule has 3 aromatic rings. The van der Waals surface area contributed by atoms with Gasteiger partial charge in [0.15, 0.2) is 0 Å². The van der Waals surface area contributed by atoms with E-state index >= 15 is 0 Å². The normalized spacial score (nSPS) is 11.8. The Labute approximate surface area is 204 Å². The fourth-order valence-corrected chi connectivity index (χ4v) is 3.24. The van der Waals surface area contributed by atoms with E-state index in [0.717, 1.165) is 16.1 Å². The van der Waals surface area contributed by atoms with Crippen LogP contribution in [0, 0.1) is 0 Å². The third kappa shape index (κ3) is 7.82. The lowest BCUT2D eigenvalue weighted by atomic mass is 10.0. The Morgan fingerprint density at radius 2 is 1.29 bits per heavy atom. The predicted molar refractivity (Wildman–Crippen MR) is 131 cm³/mol. The third-order valence-corrected chi connectivity index (χ3v) is 4.96. The van der Waals surface area contributed by atoms with Crippen molar-refractivity contribution in [2.75, 3.05) is 0 Å². The Morgan fingerprint density at radius 1 is 0.800 bits per heavy atom. The fraction of sp³-hybridized carbons (Fsp3) is 0.185. The first-order valence-corrected chi connectivity index (χ1v) is 11.1. The minimum absolute atomic E-state index is 0.00580. The van der Waals surface area contributed by atoms with E-state index in [1.807, 2.05) is 66.7 Å². The molecule has 0 radical (unpaired) electrons. The lowest BCUT2D eigenvalue weighted by molar-refractivity contribution is -0.115. The highest BCUT2D eigenvalue weighted by Crippen LogP contribution is 2.13. The van der Waals surface area contributed by atoms with Crippen molar-refractivity contribution in [1.82, 2.24) is 10.4 Å². The monoisotopic (exact) mass is 473 g/mol. The highest BCUT2D eigenvalue weighted by molar-refractivity contribution is 6.10. The number of rotatable bonds is 7. The summed E-state index contributed by atoms with van der Waals surface area (Å²) in [5, 5.41) is 0.977. The van der Waals surface area contributed by atoms with Crippen LogP contribution in [-0.2, 0) is 27.5 Å². The summed E-state index contributed by atoms with van der Waals surface area (Å²) in [6, 6.07) is 26.4. The van der Waals surface area contributed by atoms with E-state index in [-0.39, 0.29) is 18.9 Å². The Hall–Kier alpha value is -4.46. The van der Waals surface area contributed by atoms with Crippen molar-refractivity contribution in [3.05, 3.63) is 108 Å². The number of hydrogen-bond donors (Lipinski definition) is 1. The van der Waals surface area contributed by atoms with Gasteiger partial charge in [0.1, 0.15) is 13.2 Å². The van der Waals surface area contributed by atoms with E-state index in [9.17, 15) is 14.4 Å². The minimum Gasteiger partial charge on any atom is -0.443 e. The van der Waals surface area contributed by atoms with Gasteiger partial charge in [-0.1, -0.05) is 91.0 Å². The molecule has 0 bridgehead atoms. The number of hydrogen-bond acceptors (Lipinski definition) is 5. The summed E-state index contributed by atoms with van der Waals surface area (Å²) in [5.74, 6) is -0.444. The van der Waals surface area contributed by atoms with Crippen LogP contribution in [0.1, 0.15) is 30.5 Å². The van der Waals surface area contributed by atoms with Crippen molar-refractivity contribution in [3.8, 4) is 0 Å². The zero-order valence-electron chi connectivity index (χ0n) is 19.6. The molecule has 0 aromatic heterocycles. The second-order valence-corrected chi connectivity index (χ2v) is 7.64. The quantitative estimate of drug-likeness (QED) is 0.389. The molecular weight excluding hydrogens is 446 g/mol. The Balaban J connectivity index is 1.81. The van der Waals surface area contributed by atoms with Crippen molar-refractivity contribution >= 4 is 23.8 Å². The van der Waals surface area contributed by atoms with Gasteiger partial charge < -0.3 is 9.47 Å². The predicted octanol–water partition coefficient (Wildman–Crippen LogP) is 4.89. The van der Waals surface area contributed by atoms with Crippen molar-refractivity contribution in [3.63, 3.8) is 0 Å². The van der Waals surface area contributed by atoms with E-state index in [2.05, 4.69) is 10.4 Å². The average molecular weight is 474 g/mol. The van der Waals surface area contributed by atoms with Crippen LogP contribution >= 0.6 is 0 Å². The van der Waals surface area contributed by atoms with Crippen LogP contribution in [0.3, 0.4) is 0 Å². The van der Waals surface area contributed by atoms with Crippen LogP contribution in [0.5, 0.6) is 0 Å². The molecule has 8 heteroatoms. The first-order chi connectivity index (χ1) is 16.9. The number of benzene rings is 3. The Morgan fingerprint density at radius 3 is 1.80 bits per heavy atom. The van der Waals surface area contributed by atoms with Crippen LogP contribution in [0.15, 0.2) is 96.0 Å². The molecule has 0 aliphatic heterocycles. The lowest BCUT2D eigenvalue weighted by Gasteiger charge is -2.29. The zero-order chi connectivity index (χ0) is 25.0. The van der Waals surface area contributed by atoms with Crippen LogP contribution in [0.25, 0.3) is 0 Å². The van der Waals surface area contributed by atoms with Gasteiger partial charge in [0.05, 0.1) is 11.8 Å². The molecule has 0 spiro atoms. The summed E-state index contributed by atoms with van der Waals surface area (Å²) in [6.45, 7) is 2.96. The van der Waals surface area contributed by atoms with Gasteiger partial charge in [-0.2, -0.15) is 0 Å². The van der Waals surface area contributed by atoms with Gasteiger partial charge in [-0.25, -0.2) is 25.0 Å². The summed E-state index contributed by atoms with van der Waals surface area (Å²) in [4.78, 5) is 41.7. The largest absolute Gasteiger partial charge is 0.443 e. The maximum atomic E-state index is 13.1. The SMILES string of the molecule is CC(=O)N=C(c1ccccc1)[C@H](C)N(NC(=O)OCc1ccccc1)C(=O)OCc1ccccc1. The summed E-state index contributed by atoms with van der Waals surface area (Å²) >= 11 is 0. The summed E-state index contributed by atoms with van der Waals surface area (Å²) in [7, 11) is 0. The van der Waals surface area contributed by atoms with E-state index in [4.69, 9.17) is 9.47 Å². The number of carbonyl (C=O) groups excluding carboxylic acids is 3. The van der Waals surface area contributed by atoms with Crippen molar-refractivity contribution in [2.45, 2.75) is 33.1 Å². The maximum Gasteiger partial charge on any atom is 0.429 e. The zero-order valence-corrected chi connectivity index (χ0v) is 19.6. The molecule has 3 rings (SSSR count). The van der Waals surface area contributed by atoms with E-state index in [1.165, 1.54) is 6.92 Å². The molecule has 0 saturated carbocycles. The number of aliphatic imine (C=N–C) groups is 1. The topological polar surface area (TPSA) is 97.3 Å². The highest BCUT2D eigenvalue weighted by Gasteiger charge is 2.29. The van der Waals surface area contributed by atoms with Gasteiger partial charge >= 0.3 is 12.2 Å². The molecular formula is C27H27N3O5. The van der Waals surface area contributed by atoms with Crippen LogP contribution < -0.4 is 5.43 Å². The van der Waals surface area contributed by atoms with Gasteiger partial charge in [0.2, 0.25) is 5.91 Å². The summed E-state index contributed by atoms with van der Waals surface area (Å²) in [6.07, 6.45) is -1.68. The summed E-state index contributed by atoms with van der Waals surface area (Å²) < 4.78 is 10.7. The fourth-order valence-electron chi connectivity index (χ4n) is 3.24. The average Bonchev–Trinajstić information content (AvgIpc) is 2.89. The second-order valence-electron chi connectivity index (χ2n) is 7.64. The van der Waals surface area contributed by atoms with Crippen LogP contribution in [-0.4, -0.2) is 34.9 Å². The van der Waals surface area contributed by atoms with Gasteiger partial charge in [-0.05, 0) is 23.6 Å². The molecule has 35 heavy (non-hydrogen) atoms. The van der Waals surface area contributed by atoms with E-state index in [1.54, 1.807) is 31.2 Å². The molecule has 180 valence electrons. The first kappa shape index (κ1) is 25.2. The van der Waals surface area contributed by atoms with Gasteiger partial charge in [-0.15, -0.1) is 0 Å². The molecule has 0 aliphatic rings. The number of carbonyl (C=O) groups is 3. The minimum atomic E-state index is -0.854. The number of nitrogens with one attached hydrogen (secondary N) is 1. The smallest absolute Gasteiger partial charge is 0.429 e. The van der Waals surface area contributed by atoms with Crippen molar-refractivity contribution < 1.29 is 23.9 Å². The first-order valence-electron chi connectivity index (χ1n) is 11.1. The van der Waals surface area contributed by atoms with Gasteiger partial charge in [-0.3, -0.25) is 4.79 Å². The van der Waals surface area contributed by atoms with Crippen molar-refractivity contribution in [2.24, 2.45) is 4.99 Å². The summed E-state index contributed by atoms with van der Waals surface area (Å²) in [5.41, 5.74) is 4.93. The molecule has 1 atom stereocenters. The maximum absolute atomic E-state index is 13.1. The van der Waals surface area contributed by atoms with E-state index < -0.39 is 24.1 Å². The number of nitrogens with zero attached hydrogens (tertiary/aromatic N) is 2. The highest BCUT2D eigenvalue weighted by atomic mass is 16.6. The third-order valence-electron chi connectivity index (χ3n) is 4.96. The molecule has 0 heterocycles. The lowest BCUT2D eigenvalue weighted by Crippen LogP contribution is -2.54. The van der Waals surface area contributed by atoms with E-state index in [0.29, 0.717) is 5.56 Å². The second kappa shape index (κ2) is 12.7. The molecule has 0 saturated heterocycles. The molecule has 3 amide bonds. The number of ether oxygens (including phenoxy) is 2. The Bertz CT molecular complexity index is 1150. The number of amides is 3.